The summed E-state index contributed by atoms with van der Waals surface area (Å²) in [4.78, 5) is 6.33. The molecule has 2 aromatic carbocycles. The number of likely N-dealkylation sites (tertiary alicyclic amines) is 1. The minimum atomic E-state index is -4.78. The molecule has 33 heavy (non-hydrogen) atoms. The number of sulfonamides is 1. The zero-order chi connectivity index (χ0) is 23.8. The molecule has 0 spiro atoms. The minimum absolute atomic E-state index is 0.107. The molecule has 0 radical (unpaired) electrons. The van der Waals surface area contributed by atoms with E-state index in [1.54, 1.807) is 7.05 Å². The molecule has 1 fully saturated rings. The largest absolute Gasteiger partial charge is 0.573 e. The first-order valence-corrected chi connectivity index (χ1v) is 11.5. The summed E-state index contributed by atoms with van der Waals surface area (Å²) in [6.07, 6.45) is -4.39. The van der Waals surface area contributed by atoms with Crippen LogP contribution in [0.15, 0.2) is 57.9 Å². The lowest BCUT2D eigenvalue weighted by molar-refractivity contribution is -0.274. The van der Waals surface area contributed by atoms with Gasteiger partial charge < -0.3 is 9.26 Å². The van der Waals surface area contributed by atoms with Gasteiger partial charge in [0.25, 0.3) is 0 Å². The number of halogens is 4. The Morgan fingerprint density at radius 2 is 1.82 bits per heavy atom. The van der Waals surface area contributed by atoms with E-state index >= 15 is 0 Å². The number of hydrogen-bond donors (Lipinski definition) is 1. The molecule has 8 nitrogen and oxygen atoms in total. The lowest BCUT2D eigenvalue weighted by atomic mass is 10.2. The molecule has 3 aromatic rings. The van der Waals surface area contributed by atoms with Crippen LogP contribution in [0.5, 0.6) is 5.75 Å². The summed E-state index contributed by atoms with van der Waals surface area (Å²) in [7, 11) is -1.94. The lowest BCUT2D eigenvalue weighted by Gasteiger charge is -2.14. The molecule has 1 saturated heterocycles. The van der Waals surface area contributed by atoms with Crippen LogP contribution in [0.3, 0.4) is 0 Å². The van der Waals surface area contributed by atoms with Crippen LogP contribution in [-0.4, -0.2) is 49.5 Å². The summed E-state index contributed by atoms with van der Waals surface area (Å²) >= 11 is 5.82. The second kappa shape index (κ2) is 8.93. The summed E-state index contributed by atoms with van der Waals surface area (Å²) in [6.45, 7) is 0.415. The highest BCUT2D eigenvalue weighted by Gasteiger charge is 2.37. The summed E-state index contributed by atoms with van der Waals surface area (Å²) < 4.78 is 74.1. The molecule has 2 heterocycles. The van der Waals surface area contributed by atoms with E-state index in [2.05, 4.69) is 19.6 Å². The molecule has 1 aliphatic rings. The Morgan fingerprint density at radius 3 is 2.45 bits per heavy atom. The quantitative estimate of drug-likeness (QED) is 0.544. The smallest absolute Gasteiger partial charge is 0.406 e. The molecule has 0 saturated carbocycles. The maximum Gasteiger partial charge on any atom is 0.573 e. The van der Waals surface area contributed by atoms with Crippen molar-refractivity contribution < 1.29 is 30.8 Å². The van der Waals surface area contributed by atoms with Crippen molar-refractivity contribution in [2.45, 2.75) is 29.8 Å². The third kappa shape index (κ3) is 5.64. The van der Waals surface area contributed by atoms with E-state index in [0.29, 0.717) is 23.6 Å². The van der Waals surface area contributed by atoms with E-state index in [1.807, 2.05) is 4.90 Å². The Bertz CT molecular complexity index is 1220. The number of ether oxygens (including phenoxy) is 1. The molecule has 176 valence electrons. The van der Waals surface area contributed by atoms with Crippen LogP contribution >= 0.6 is 11.6 Å². The highest BCUT2D eigenvalue weighted by molar-refractivity contribution is 7.89. The van der Waals surface area contributed by atoms with Crippen molar-refractivity contribution in [3.63, 3.8) is 0 Å². The number of alkyl halides is 3. The molecule has 1 aromatic heterocycles. The molecule has 1 N–H and O–H groups in total. The second-order valence-electron chi connectivity index (χ2n) is 7.49. The number of benzene rings is 2. The standard InChI is InChI=1S/C20H18ClF3N4O4S/c1-28-11-14(27-33(29,30)16-8-4-13(21)5-9-16)10-17(28)19-25-18(26-32-19)12-2-6-15(7-3-12)31-20(22,23)24/h2-9,14,17,27H,10-11H2,1H3/t14-,17-/m0/s1. The van der Waals surface area contributed by atoms with Crippen molar-refractivity contribution in [1.29, 1.82) is 0 Å². The average molecular weight is 503 g/mol. The number of likely N-dealkylation sites (N-methyl/N-ethyl adjacent to an activating group) is 1. The number of nitrogens with one attached hydrogen (secondary N) is 1. The van der Waals surface area contributed by atoms with Crippen LogP contribution in [-0.2, 0) is 10.0 Å². The maximum atomic E-state index is 12.6. The Labute approximate surface area is 192 Å². The highest BCUT2D eigenvalue weighted by atomic mass is 35.5. The first-order chi connectivity index (χ1) is 15.5. The highest BCUT2D eigenvalue weighted by Crippen LogP contribution is 2.32. The summed E-state index contributed by atoms with van der Waals surface area (Å²) in [5.41, 5.74) is 0.445. The Morgan fingerprint density at radius 1 is 1.15 bits per heavy atom. The third-order valence-corrected chi connectivity index (χ3v) is 6.86. The topological polar surface area (TPSA) is 97.6 Å². The zero-order valence-electron chi connectivity index (χ0n) is 17.1. The van der Waals surface area contributed by atoms with Crippen LogP contribution in [0.2, 0.25) is 5.02 Å². The molecular weight excluding hydrogens is 485 g/mol. The molecule has 13 heteroatoms. The van der Waals surface area contributed by atoms with Gasteiger partial charge in [0, 0.05) is 23.2 Å². The summed E-state index contributed by atoms with van der Waals surface area (Å²) in [5.74, 6) is 0.111. The molecule has 2 atom stereocenters. The minimum Gasteiger partial charge on any atom is -0.406 e. The SMILES string of the molecule is CN1C[C@@H](NS(=O)(=O)c2ccc(Cl)cc2)C[C@H]1c1nc(-c2ccc(OC(F)(F)F)cc2)no1. The molecule has 0 bridgehead atoms. The lowest BCUT2D eigenvalue weighted by Crippen LogP contribution is -2.36. The van der Waals surface area contributed by atoms with Crippen LogP contribution in [0, 0.1) is 0 Å². The average Bonchev–Trinajstić information content (AvgIpc) is 3.34. The van der Waals surface area contributed by atoms with Crippen molar-refractivity contribution in [3.8, 4) is 17.1 Å². The van der Waals surface area contributed by atoms with Gasteiger partial charge in [-0.15, -0.1) is 13.2 Å². The zero-order valence-corrected chi connectivity index (χ0v) is 18.7. The van der Waals surface area contributed by atoms with Gasteiger partial charge in [-0.1, -0.05) is 16.8 Å². The van der Waals surface area contributed by atoms with E-state index in [1.165, 1.54) is 36.4 Å². The fourth-order valence-corrected chi connectivity index (χ4v) is 4.93. The fourth-order valence-electron chi connectivity index (χ4n) is 3.57. The number of rotatable bonds is 6. The van der Waals surface area contributed by atoms with Crippen LogP contribution in [0.4, 0.5) is 13.2 Å². The first-order valence-electron chi connectivity index (χ1n) is 9.68. The van der Waals surface area contributed by atoms with Gasteiger partial charge in [0.15, 0.2) is 0 Å². The molecule has 1 aliphatic heterocycles. The van der Waals surface area contributed by atoms with Crippen molar-refractivity contribution >= 4 is 21.6 Å². The summed E-state index contributed by atoms with van der Waals surface area (Å²) in [5, 5.41) is 4.33. The van der Waals surface area contributed by atoms with Gasteiger partial charge in [-0.3, -0.25) is 4.90 Å². The predicted molar refractivity (Wildman–Crippen MR) is 112 cm³/mol. The van der Waals surface area contributed by atoms with Gasteiger partial charge in [-0.2, -0.15) is 4.98 Å². The van der Waals surface area contributed by atoms with Crippen molar-refractivity contribution in [2.24, 2.45) is 0 Å². The van der Waals surface area contributed by atoms with Crippen LogP contribution in [0.25, 0.3) is 11.4 Å². The molecule has 0 unspecified atom stereocenters. The van der Waals surface area contributed by atoms with E-state index in [0.717, 1.165) is 12.1 Å². The molecule has 0 amide bonds. The Hall–Kier alpha value is -2.67. The third-order valence-electron chi connectivity index (χ3n) is 5.07. The van der Waals surface area contributed by atoms with E-state index in [-0.39, 0.29) is 28.4 Å². The van der Waals surface area contributed by atoms with Gasteiger partial charge in [-0.05, 0) is 62.0 Å². The number of hydrogen-bond acceptors (Lipinski definition) is 7. The van der Waals surface area contributed by atoms with Crippen molar-refractivity contribution in [3.05, 3.63) is 59.4 Å². The van der Waals surface area contributed by atoms with E-state index in [9.17, 15) is 21.6 Å². The number of nitrogens with zero attached hydrogens (tertiary/aromatic N) is 3. The van der Waals surface area contributed by atoms with E-state index < -0.39 is 22.4 Å². The van der Waals surface area contributed by atoms with E-state index in [4.69, 9.17) is 16.1 Å². The second-order valence-corrected chi connectivity index (χ2v) is 9.64. The van der Waals surface area contributed by atoms with Gasteiger partial charge in [0.05, 0.1) is 10.9 Å². The monoisotopic (exact) mass is 502 g/mol. The Kier molecular flexibility index (Phi) is 6.36. The summed E-state index contributed by atoms with van der Waals surface area (Å²) in [6, 6.07) is 10.2. The van der Waals surface area contributed by atoms with Crippen molar-refractivity contribution in [1.82, 2.24) is 19.8 Å². The van der Waals surface area contributed by atoms with Crippen LogP contribution in [0.1, 0.15) is 18.4 Å². The molecule has 4 rings (SSSR count). The molecular formula is C20H18ClF3N4O4S. The van der Waals surface area contributed by atoms with Gasteiger partial charge in [0.1, 0.15) is 5.75 Å². The predicted octanol–water partition coefficient (Wildman–Crippen LogP) is 4.01. The maximum absolute atomic E-state index is 12.6. The number of aromatic nitrogens is 2. The van der Waals surface area contributed by atoms with Crippen LogP contribution < -0.4 is 9.46 Å². The first kappa shape index (κ1) is 23.5. The molecule has 0 aliphatic carbocycles. The Balaban J connectivity index is 1.44. The van der Waals surface area contributed by atoms with Gasteiger partial charge >= 0.3 is 6.36 Å². The normalized spacial score (nSPS) is 19.7. The van der Waals surface area contributed by atoms with Crippen molar-refractivity contribution in [2.75, 3.05) is 13.6 Å². The van der Waals surface area contributed by atoms with Gasteiger partial charge in [0.2, 0.25) is 21.7 Å². The van der Waals surface area contributed by atoms with Gasteiger partial charge in [-0.25, -0.2) is 13.1 Å². The fraction of sp³-hybridized carbons (Fsp3) is 0.300.